The van der Waals surface area contributed by atoms with Gasteiger partial charge in [0.05, 0.1) is 6.10 Å². The summed E-state index contributed by atoms with van der Waals surface area (Å²) in [6.45, 7) is 12.7. The topological polar surface area (TPSA) is 20.2 Å². The highest BCUT2D eigenvalue weighted by molar-refractivity contribution is 6.76. The summed E-state index contributed by atoms with van der Waals surface area (Å²) in [7, 11) is -0.998. The van der Waals surface area contributed by atoms with Crippen LogP contribution < -0.4 is 0 Å². The van der Waals surface area contributed by atoms with E-state index in [9.17, 15) is 0 Å². The summed E-state index contributed by atoms with van der Waals surface area (Å²) in [5, 5.41) is 9.07. The van der Waals surface area contributed by atoms with Crippen molar-refractivity contribution in [1.29, 1.82) is 0 Å². The molecule has 0 saturated carbocycles. The summed E-state index contributed by atoms with van der Waals surface area (Å²) >= 11 is 0. The molecule has 0 spiro atoms. The first-order chi connectivity index (χ1) is 4.81. The first-order valence-electron chi connectivity index (χ1n) is 4.16. The first-order valence-corrected chi connectivity index (χ1v) is 7.87. The van der Waals surface area contributed by atoms with Crippen molar-refractivity contribution in [2.45, 2.75) is 45.1 Å². The zero-order valence-corrected chi connectivity index (χ0v) is 9.15. The van der Waals surface area contributed by atoms with Crippen LogP contribution in [0.4, 0.5) is 0 Å². The van der Waals surface area contributed by atoms with Crippen molar-refractivity contribution in [3.8, 4) is 0 Å². The van der Waals surface area contributed by atoms with Crippen molar-refractivity contribution in [3.63, 3.8) is 0 Å². The monoisotopic (exact) mass is 172 g/mol. The summed E-state index contributed by atoms with van der Waals surface area (Å²) in [6, 6.07) is 1.14. The van der Waals surface area contributed by atoms with Crippen LogP contribution in [0.3, 0.4) is 0 Å². The zero-order chi connectivity index (χ0) is 9.07. The highest BCUT2D eigenvalue weighted by atomic mass is 28.3. The van der Waals surface area contributed by atoms with E-state index in [1.54, 1.807) is 0 Å². The van der Waals surface area contributed by atoms with E-state index in [1.807, 2.05) is 6.92 Å². The Morgan fingerprint density at radius 3 is 2.18 bits per heavy atom. The molecule has 11 heavy (non-hydrogen) atoms. The molecule has 0 aliphatic rings. The van der Waals surface area contributed by atoms with E-state index in [2.05, 4.69) is 26.2 Å². The Morgan fingerprint density at radius 2 is 1.91 bits per heavy atom. The lowest BCUT2D eigenvalue weighted by Gasteiger charge is -2.18. The maximum Gasteiger partial charge on any atom is 0.0548 e. The Bertz CT molecular complexity index is 133. The van der Waals surface area contributed by atoms with Gasteiger partial charge in [0.25, 0.3) is 0 Å². The van der Waals surface area contributed by atoms with Crippen molar-refractivity contribution >= 4 is 8.07 Å². The predicted octanol–water partition coefficient (Wildman–Crippen LogP) is 2.65. The van der Waals surface area contributed by atoms with Crippen molar-refractivity contribution in [2.75, 3.05) is 0 Å². The molecule has 0 heterocycles. The number of rotatable bonds is 4. The van der Waals surface area contributed by atoms with Crippen LogP contribution in [-0.2, 0) is 0 Å². The van der Waals surface area contributed by atoms with Crippen LogP contribution in [-0.4, -0.2) is 19.3 Å². The quantitative estimate of drug-likeness (QED) is 0.510. The lowest BCUT2D eigenvalue weighted by molar-refractivity contribution is 0.195. The molecule has 0 rings (SSSR count). The van der Waals surface area contributed by atoms with E-state index < -0.39 is 8.07 Å². The molecule has 0 radical (unpaired) electrons. The van der Waals surface area contributed by atoms with Crippen LogP contribution in [0.15, 0.2) is 12.2 Å². The number of aliphatic hydroxyl groups is 1. The lowest BCUT2D eigenvalue weighted by atomic mass is 10.2. The van der Waals surface area contributed by atoms with Gasteiger partial charge < -0.3 is 5.11 Å². The van der Waals surface area contributed by atoms with Crippen LogP contribution in [0.25, 0.3) is 0 Å². The van der Waals surface area contributed by atoms with Gasteiger partial charge in [0.1, 0.15) is 0 Å². The molecule has 0 saturated heterocycles. The Kier molecular flexibility index (Phi) is 4.04. The second-order valence-corrected chi connectivity index (χ2v) is 10.0. The SMILES string of the molecule is C=C(CC(C)O)C[Si](C)(C)C. The standard InChI is InChI=1S/C9H20OSi/c1-8(6-9(2)10)7-11(3,4)5/h9-10H,1,6-7H2,2-5H3. The minimum absolute atomic E-state index is 0.223. The van der Waals surface area contributed by atoms with Crippen molar-refractivity contribution < 1.29 is 5.11 Å². The Morgan fingerprint density at radius 1 is 1.45 bits per heavy atom. The van der Waals surface area contributed by atoms with E-state index in [1.165, 1.54) is 5.57 Å². The molecule has 0 aromatic rings. The van der Waals surface area contributed by atoms with Crippen molar-refractivity contribution in [2.24, 2.45) is 0 Å². The molecule has 0 fully saturated rings. The zero-order valence-electron chi connectivity index (χ0n) is 8.15. The molecule has 0 aliphatic heterocycles. The maximum absolute atomic E-state index is 9.07. The molecule has 0 amide bonds. The minimum atomic E-state index is -0.998. The molecule has 1 unspecified atom stereocenters. The van der Waals surface area contributed by atoms with Crippen LogP contribution in [0.2, 0.25) is 25.7 Å². The molecule has 66 valence electrons. The van der Waals surface area contributed by atoms with Crippen LogP contribution in [0.5, 0.6) is 0 Å². The third-order valence-electron chi connectivity index (χ3n) is 1.36. The van der Waals surface area contributed by atoms with Crippen LogP contribution in [0, 0.1) is 0 Å². The maximum atomic E-state index is 9.07. The molecular formula is C9H20OSi. The largest absolute Gasteiger partial charge is 0.393 e. The van der Waals surface area contributed by atoms with Crippen molar-refractivity contribution in [1.82, 2.24) is 0 Å². The van der Waals surface area contributed by atoms with E-state index in [0.717, 1.165) is 12.5 Å². The second kappa shape index (κ2) is 4.07. The third-order valence-corrected chi connectivity index (χ3v) is 2.93. The fourth-order valence-corrected chi connectivity index (χ4v) is 2.88. The predicted molar refractivity (Wildman–Crippen MR) is 53.6 cm³/mol. The van der Waals surface area contributed by atoms with Gasteiger partial charge in [0.15, 0.2) is 0 Å². The van der Waals surface area contributed by atoms with Crippen LogP contribution in [0.1, 0.15) is 13.3 Å². The van der Waals surface area contributed by atoms with Gasteiger partial charge in [-0.3, -0.25) is 0 Å². The normalized spacial score (nSPS) is 14.6. The van der Waals surface area contributed by atoms with Gasteiger partial charge in [0.2, 0.25) is 0 Å². The van der Waals surface area contributed by atoms with E-state index in [-0.39, 0.29) is 6.10 Å². The van der Waals surface area contributed by atoms with Gasteiger partial charge in [-0.05, 0) is 19.4 Å². The summed E-state index contributed by atoms with van der Waals surface area (Å²) in [5.41, 5.74) is 1.21. The molecule has 1 atom stereocenters. The molecule has 0 aromatic carbocycles. The lowest BCUT2D eigenvalue weighted by Crippen LogP contribution is -2.20. The highest BCUT2D eigenvalue weighted by Crippen LogP contribution is 2.18. The molecule has 1 nitrogen and oxygen atoms in total. The van der Waals surface area contributed by atoms with Gasteiger partial charge in [0, 0.05) is 8.07 Å². The van der Waals surface area contributed by atoms with Gasteiger partial charge >= 0.3 is 0 Å². The molecular weight excluding hydrogens is 152 g/mol. The second-order valence-electron chi connectivity index (χ2n) is 4.54. The average molecular weight is 172 g/mol. The molecule has 0 aliphatic carbocycles. The summed E-state index contributed by atoms with van der Waals surface area (Å²) < 4.78 is 0. The molecule has 1 N–H and O–H groups in total. The highest BCUT2D eigenvalue weighted by Gasteiger charge is 2.14. The summed E-state index contributed by atoms with van der Waals surface area (Å²) in [6.07, 6.45) is 0.545. The molecule has 0 bridgehead atoms. The summed E-state index contributed by atoms with van der Waals surface area (Å²) in [5.74, 6) is 0. The van der Waals surface area contributed by atoms with Gasteiger partial charge in [-0.15, -0.1) is 6.58 Å². The van der Waals surface area contributed by atoms with Gasteiger partial charge in [-0.1, -0.05) is 25.2 Å². The fraction of sp³-hybridized carbons (Fsp3) is 0.778. The Labute approximate surface area is 71.1 Å². The van der Waals surface area contributed by atoms with Crippen LogP contribution >= 0.6 is 0 Å². The van der Waals surface area contributed by atoms with E-state index in [4.69, 9.17) is 5.11 Å². The molecule has 2 heteroatoms. The van der Waals surface area contributed by atoms with E-state index >= 15 is 0 Å². The fourth-order valence-electron chi connectivity index (χ4n) is 1.24. The first kappa shape index (κ1) is 10.9. The average Bonchev–Trinajstić information content (AvgIpc) is 1.53. The number of hydrogen-bond acceptors (Lipinski definition) is 1. The molecule has 0 aromatic heterocycles. The number of aliphatic hydroxyl groups excluding tert-OH is 1. The summed E-state index contributed by atoms with van der Waals surface area (Å²) in [4.78, 5) is 0. The van der Waals surface area contributed by atoms with Gasteiger partial charge in [-0.25, -0.2) is 0 Å². The van der Waals surface area contributed by atoms with Crippen molar-refractivity contribution in [3.05, 3.63) is 12.2 Å². The minimum Gasteiger partial charge on any atom is -0.393 e. The Balaban J connectivity index is 3.71. The third kappa shape index (κ3) is 7.82. The van der Waals surface area contributed by atoms with E-state index in [0.29, 0.717) is 0 Å². The van der Waals surface area contributed by atoms with Gasteiger partial charge in [-0.2, -0.15) is 0 Å². The smallest absolute Gasteiger partial charge is 0.0548 e. The number of hydrogen-bond donors (Lipinski definition) is 1. The Hall–Kier alpha value is -0.0831.